The summed E-state index contributed by atoms with van der Waals surface area (Å²) in [7, 11) is -6.83. The van der Waals surface area contributed by atoms with Crippen LogP contribution in [0.15, 0.2) is 47.4 Å². The molecule has 1 unspecified atom stereocenters. The van der Waals surface area contributed by atoms with E-state index < -0.39 is 31.0 Å². The van der Waals surface area contributed by atoms with Crippen LogP contribution in [0.5, 0.6) is 0 Å². The van der Waals surface area contributed by atoms with Gasteiger partial charge in [-0.15, -0.1) is 13.2 Å². The van der Waals surface area contributed by atoms with Crippen molar-refractivity contribution in [2.75, 3.05) is 0 Å². The summed E-state index contributed by atoms with van der Waals surface area (Å²) in [6.45, 7) is 0. The zero-order valence-electron chi connectivity index (χ0n) is 10.2. The first kappa shape index (κ1) is 14.3. The number of alkyl halides is 3. The molecule has 3 rings (SSSR count). The van der Waals surface area contributed by atoms with E-state index in [2.05, 4.69) is 0 Å². The summed E-state index contributed by atoms with van der Waals surface area (Å²) in [4.78, 5) is -0.524. The predicted octanol–water partition coefficient (Wildman–Crippen LogP) is 4.12. The Balaban J connectivity index is 2.53. The molecule has 1 aromatic heterocycles. The molecule has 0 fully saturated rings. The summed E-state index contributed by atoms with van der Waals surface area (Å²) in [5, 5.41) is 0.474. The van der Waals surface area contributed by atoms with E-state index >= 15 is 0 Å². The minimum atomic E-state index is -4.71. The van der Waals surface area contributed by atoms with Gasteiger partial charge in [-0.25, -0.2) is 8.42 Å². The third kappa shape index (κ3) is 2.29. The second kappa shape index (κ2) is 4.43. The van der Waals surface area contributed by atoms with Crippen molar-refractivity contribution in [3.8, 4) is 0 Å². The van der Waals surface area contributed by atoms with Gasteiger partial charge in [0, 0.05) is 16.8 Å². The Morgan fingerprint density at radius 3 is 2.19 bits per heavy atom. The second-order valence-corrected chi connectivity index (χ2v) is 7.69. The average Bonchev–Trinajstić information content (AvgIpc) is 2.70. The summed E-state index contributed by atoms with van der Waals surface area (Å²) < 4.78 is 73.1. The van der Waals surface area contributed by atoms with E-state index in [1.807, 2.05) is 0 Å². The molecule has 0 radical (unpaired) electrons. The topological polar surface area (TPSA) is 57.2 Å². The molecule has 3 nitrogen and oxygen atoms in total. The lowest BCUT2D eigenvalue weighted by Gasteiger charge is -2.05. The summed E-state index contributed by atoms with van der Waals surface area (Å²) in [5.74, 6) is 0. The fourth-order valence-corrected chi connectivity index (χ4v) is 4.73. The lowest BCUT2D eigenvalue weighted by molar-refractivity contribution is -0.0862. The minimum Gasteiger partial charge on any atom is -0.744 e. The Morgan fingerprint density at radius 2 is 1.57 bits per heavy atom. The molecule has 110 valence electrons. The molecule has 8 heteroatoms. The molecule has 21 heavy (non-hydrogen) atoms. The van der Waals surface area contributed by atoms with Gasteiger partial charge in [-0.1, -0.05) is 12.1 Å². The molecule has 0 N–H and O–H groups in total. The molecule has 2 aromatic carbocycles. The Kier molecular flexibility index (Phi) is 3.01. The van der Waals surface area contributed by atoms with Gasteiger partial charge in [0.2, 0.25) is 0 Å². The Morgan fingerprint density at radius 1 is 0.952 bits per heavy atom. The molecular formula is C13H7F3O3S2. The van der Waals surface area contributed by atoms with Gasteiger partial charge in [-0.2, -0.15) is 0 Å². The number of benzene rings is 2. The fraction of sp³-hybridized carbons (Fsp3) is 0.0769. The van der Waals surface area contributed by atoms with Crippen molar-refractivity contribution < 1.29 is 26.1 Å². The summed E-state index contributed by atoms with van der Waals surface area (Å²) in [6.07, 6.45) is 0. The first-order valence-corrected chi connectivity index (χ1v) is 8.33. The number of thiophene rings is 1. The van der Waals surface area contributed by atoms with Crippen LogP contribution in [0.4, 0.5) is 13.2 Å². The first-order chi connectivity index (χ1) is 9.69. The molecule has 3 aromatic rings. The zero-order chi connectivity index (χ0) is 15.4. The third-order valence-electron chi connectivity index (χ3n) is 3.09. The molecule has 0 spiro atoms. The molecule has 0 saturated carbocycles. The molecule has 0 bridgehead atoms. The van der Waals surface area contributed by atoms with Crippen LogP contribution in [0.3, 0.4) is 0 Å². The summed E-state index contributed by atoms with van der Waals surface area (Å²) in [5.41, 5.74) is -4.46. The Bertz CT molecular complexity index is 956. The van der Waals surface area contributed by atoms with Crippen molar-refractivity contribution in [3.63, 3.8) is 0 Å². The van der Waals surface area contributed by atoms with Crippen molar-refractivity contribution in [2.45, 2.75) is 10.4 Å². The smallest absolute Gasteiger partial charge is 0.601 e. The van der Waals surface area contributed by atoms with Gasteiger partial charge in [-0.05, 0) is 24.3 Å². The molecular weight excluding hydrogens is 325 g/mol. The SMILES string of the molecule is O=S(=O)([O-])c1ccc2c(c1)c1ccccc1[s+]2C(F)(F)F. The molecule has 1 atom stereocenters. The van der Waals surface area contributed by atoms with Crippen LogP contribution in [0, 0.1) is 0 Å². The highest BCUT2D eigenvalue weighted by Crippen LogP contribution is 2.54. The van der Waals surface area contributed by atoms with E-state index in [0.29, 0.717) is 5.39 Å². The van der Waals surface area contributed by atoms with Crippen LogP contribution >= 0.6 is 10.5 Å². The van der Waals surface area contributed by atoms with Crippen molar-refractivity contribution in [1.29, 1.82) is 0 Å². The van der Waals surface area contributed by atoms with Crippen LogP contribution in [0.25, 0.3) is 20.2 Å². The van der Waals surface area contributed by atoms with E-state index in [4.69, 9.17) is 0 Å². The maximum atomic E-state index is 13.3. The average molecular weight is 332 g/mol. The van der Waals surface area contributed by atoms with E-state index in [1.165, 1.54) is 18.2 Å². The van der Waals surface area contributed by atoms with Crippen molar-refractivity contribution in [2.24, 2.45) is 0 Å². The monoisotopic (exact) mass is 332 g/mol. The number of rotatable bonds is 1. The molecule has 0 aliphatic rings. The maximum Gasteiger partial charge on any atom is 0.601 e. The van der Waals surface area contributed by atoms with Crippen LogP contribution in [-0.2, 0) is 15.6 Å². The van der Waals surface area contributed by atoms with Crippen LogP contribution in [-0.4, -0.2) is 13.0 Å². The van der Waals surface area contributed by atoms with Crippen molar-refractivity contribution in [3.05, 3.63) is 42.5 Å². The third-order valence-corrected chi connectivity index (χ3v) is 5.97. The quantitative estimate of drug-likeness (QED) is 0.497. The largest absolute Gasteiger partial charge is 0.744 e. The first-order valence-electron chi connectivity index (χ1n) is 5.70. The summed E-state index contributed by atoms with van der Waals surface area (Å²) >= 11 is 0. The Hall–Kier alpha value is -1.64. The fourth-order valence-electron chi connectivity index (χ4n) is 2.29. The highest BCUT2D eigenvalue weighted by Gasteiger charge is 2.47. The van der Waals surface area contributed by atoms with Crippen LogP contribution in [0.1, 0.15) is 0 Å². The number of halogens is 3. The van der Waals surface area contributed by atoms with Gasteiger partial charge >= 0.3 is 5.51 Å². The number of hydrogen-bond donors (Lipinski definition) is 0. The van der Waals surface area contributed by atoms with Gasteiger partial charge in [0.25, 0.3) is 0 Å². The molecule has 0 saturated heterocycles. The predicted molar refractivity (Wildman–Crippen MR) is 73.2 cm³/mol. The number of fused-ring (bicyclic) bond motifs is 3. The standard InChI is InChI=1S/C13H7F3O3S2/c14-13(15,16)20-11-4-2-1-3-9(11)10-7-8(21(17,18)19)5-6-12(10)20/h1-7H. The molecule has 0 amide bonds. The number of hydrogen-bond acceptors (Lipinski definition) is 3. The maximum absolute atomic E-state index is 13.3. The zero-order valence-corrected chi connectivity index (χ0v) is 11.8. The van der Waals surface area contributed by atoms with Crippen molar-refractivity contribution >= 4 is 40.8 Å². The van der Waals surface area contributed by atoms with Crippen LogP contribution < -0.4 is 0 Å². The minimum absolute atomic E-state index is 0.00361. The summed E-state index contributed by atoms with van der Waals surface area (Å²) in [6, 6.07) is 8.97. The Labute approximate surface area is 120 Å². The van der Waals surface area contributed by atoms with E-state index in [9.17, 15) is 26.1 Å². The second-order valence-electron chi connectivity index (χ2n) is 4.36. The van der Waals surface area contributed by atoms with E-state index in [0.717, 1.165) is 18.2 Å². The molecule has 1 heterocycles. The molecule has 0 aliphatic carbocycles. The van der Waals surface area contributed by atoms with Gasteiger partial charge < -0.3 is 4.55 Å². The van der Waals surface area contributed by atoms with Crippen LogP contribution in [0.2, 0.25) is 0 Å². The van der Waals surface area contributed by atoms with Gasteiger partial charge in [0.1, 0.15) is 20.6 Å². The van der Waals surface area contributed by atoms with E-state index in [-0.39, 0.29) is 14.8 Å². The van der Waals surface area contributed by atoms with Gasteiger partial charge in [0.05, 0.1) is 4.90 Å². The molecule has 0 aliphatic heterocycles. The highest BCUT2D eigenvalue weighted by molar-refractivity contribution is 7.85. The normalized spacial score (nSPS) is 14.0. The van der Waals surface area contributed by atoms with E-state index in [1.54, 1.807) is 6.07 Å². The van der Waals surface area contributed by atoms with Crippen molar-refractivity contribution in [1.82, 2.24) is 0 Å². The van der Waals surface area contributed by atoms with Gasteiger partial charge in [-0.3, -0.25) is 0 Å². The highest BCUT2D eigenvalue weighted by atomic mass is 32.2. The lowest BCUT2D eigenvalue weighted by Crippen LogP contribution is -1.98. The van der Waals surface area contributed by atoms with Gasteiger partial charge in [0.15, 0.2) is 9.40 Å². The lowest BCUT2D eigenvalue weighted by atomic mass is 10.1.